The predicted octanol–water partition coefficient (Wildman–Crippen LogP) is 9.00. The molecule has 2 aromatic carbocycles. The smallest absolute Gasteiger partial charge is 0.347 e. The van der Waals surface area contributed by atoms with Gasteiger partial charge in [0.2, 0.25) is 5.88 Å². The van der Waals surface area contributed by atoms with Crippen LogP contribution in [0.4, 0.5) is 4.39 Å². The zero-order valence-corrected chi connectivity index (χ0v) is 23.8. The molecule has 0 aliphatic rings. The van der Waals surface area contributed by atoms with Crippen LogP contribution in [0, 0.1) is 11.7 Å². The lowest BCUT2D eigenvalue weighted by molar-refractivity contribution is 0.0722. The molecule has 1 heterocycles. The minimum absolute atomic E-state index is 0.0235. The number of hydrogen-bond donors (Lipinski definition) is 0. The Hall–Kier alpha value is -3.28. The molecule has 0 N–H and O–H groups in total. The number of aryl methyl sites for hydroxylation is 1. The van der Waals surface area contributed by atoms with Crippen LogP contribution in [-0.2, 0) is 6.42 Å². The van der Waals surface area contributed by atoms with Crippen LogP contribution >= 0.6 is 0 Å². The summed E-state index contributed by atoms with van der Waals surface area (Å²) in [4.78, 5) is 21.1. The van der Waals surface area contributed by atoms with Gasteiger partial charge in [0, 0.05) is 5.56 Å². The van der Waals surface area contributed by atoms with E-state index in [2.05, 4.69) is 30.7 Å². The van der Waals surface area contributed by atoms with Crippen molar-refractivity contribution >= 4 is 5.97 Å². The van der Waals surface area contributed by atoms with E-state index in [0.717, 1.165) is 42.6 Å². The van der Waals surface area contributed by atoms with Crippen molar-refractivity contribution in [2.45, 2.75) is 91.4 Å². The van der Waals surface area contributed by atoms with E-state index in [0.29, 0.717) is 18.2 Å². The van der Waals surface area contributed by atoms with Gasteiger partial charge in [0.1, 0.15) is 11.6 Å². The number of unbranched alkanes of at least 4 members (excludes halogenated alkanes) is 8. The Labute approximate surface area is 233 Å². The summed E-state index contributed by atoms with van der Waals surface area (Å²) in [6.45, 7) is 7.21. The molecule has 0 aliphatic heterocycles. The van der Waals surface area contributed by atoms with E-state index in [1.165, 1.54) is 69.5 Å². The fourth-order valence-electron chi connectivity index (χ4n) is 4.27. The van der Waals surface area contributed by atoms with E-state index in [4.69, 9.17) is 9.47 Å². The lowest BCUT2D eigenvalue weighted by atomic mass is 10.0. The van der Waals surface area contributed by atoms with Gasteiger partial charge in [-0.2, -0.15) is 0 Å². The minimum atomic E-state index is -0.785. The molecule has 0 radical (unpaired) electrons. The molecule has 0 bridgehead atoms. The molecule has 0 saturated heterocycles. The van der Waals surface area contributed by atoms with Crippen LogP contribution in [0.25, 0.3) is 11.3 Å². The van der Waals surface area contributed by atoms with Crippen LogP contribution in [0.2, 0.25) is 0 Å². The highest BCUT2D eigenvalue weighted by Crippen LogP contribution is 2.22. The minimum Gasteiger partial charge on any atom is -0.493 e. The van der Waals surface area contributed by atoms with Gasteiger partial charge in [-0.05, 0) is 60.7 Å². The van der Waals surface area contributed by atoms with Crippen LogP contribution in [0.15, 0.2) is 54.9 Å². The second-order valence-corrected chi connectivity index (χ2v) is 10.4. The van der Waals surface area contributed by atoms with E-state index >= 15 is 0 Å². The molecule has 0 saturated carbocycles. The second-order valence-electron chi connectivity index (χ2n) is 10.4. The summed E-state index contributed by atoms with van der Waals surface area (Å²) in [5, 5.41) is 0. The summed E-state index contributed by atoms with van der Waals surface area (Å²) >= 11 is 0. The quantitative estimate of drug-likeness (QED) is 0.128. The maximum Gasteiger partial charge on any atom is 0.347 e. The number of benzene rings is 2. The van der Waals surface area contributed by atoms with E-state index < -0.39 is 11.8 Å². The fraction of sp³-hybridized carbons (Fsp3) is 0.485. The van der Waals surface area contributed by atoms with Crippen molar-refractivity contribution in [1.29, 1.82) is 0 Å². The second kappa shape index (κ2) is 16.6. The van der Waals surface area contributed by atoms with Crippen LogP contribution in [0.1, 0.15) is 101 Å². The molecule has 0 amide bonds. The van der Waals surface area contributed by atoms with Crippen molar-refractivity contribution in [1.82, 2.24) is 9.97 Å². The van der Waals surface area contributed by atoms with Gasteiger partial charge in [-0.25, -0.2) is 19.2 Å². The maximum atomic E-state index is 14.7. The number of carbonyl (C=O) groups is 1. The molecule has 1 unspecified atom stereocenters. The number of rotatable bonds is 17. The van der Waals surface area contributed by atoms with Crippen molar-refractivity contribution in [3.63, 3.8) is 0 Å². The van der Waals surface area contributed by atoms with E-state index in [9.17, 15) is 9.18 Å². The molecule has 210 valence electrons. The van der Waals surface area contributed by atoms with E-state index in [-0.39, 0.29) is 11.4 Å². The van der Waals surface area contributed by atoms with Gasteiger partial charge in [-0.1, -0.05) is 84.6 Å². The molecule has 0 aliphatic carbocycles. The number of ether oxygens (including phenoxy) is 2. The first-order chi connectivity index (χ1) is 19.0. The lowest BCUT2D eigenvalue weighted by Crippen LogP contribution is -2.12. The number of nitrogens with zero attached hydrogens (tertiary/aromatic N) is 2. The Bertz CT molecular complexity index is 1130. The van der Waals surface area contributed by atoms with Gasteiger partial charge in [-0.3, -0.25) is 0 Å². The number of aromatic nitrogens is 2. The molecule has 39 heavy (non-hydrogen) atoms. The highest BCUT2D eigenvalue weighted by molar-refractivity contribution is 5.91. The molecule has 1 atom stereocenters. The molecule has 0 spiro atoms. The summed E-state index contributed by atoms with van der Waals surface area (Å²) in [5.74, 6) is -0.0310. The third kappa shape index (κ3) is 10.4. The topological polar surface area (TPSA) is 61.3 Å². The molecular formula is C33H43FN2O3. The first-order valence-corrected chi connectivity index (χ1v) is 14.6. The zero-order valence-electron chi connectivity index (χ0n) is 23.8. The molecule has 6 heteroatoms. The van der Waals surface area contributed by atoms with Crippen molar-refractivity contribution < 1.29 is 18.7 Å². The van der Waals surface area contributed by atoms with Gasteiger partial charge < -0.3 is 9.47 Å². The van der Waals surface area contributed by atoms with Gasteiger partial charge in [0.05, 0.1) is 30.3 Å². The number of carbonyl (C=O) groups excluding carboxylic acids is 1. The van der Waals surface area contributed by atoms with E-state index in [1.54, 1.807) is 6.07 Å². The highest BCUT2D eigenvalue weighted by Gasteiger charge is 2.16. The van der Waals surface area contributed by atoms with Crippen LogP contribution in [-0.4, -0.2) is 22.5 Å². The molecule has 5 nitrogen and oxygen atoms in total. The van der Waals surface area contributed by atoms with Crippen molar-refractivity contribution in [3.8, 4) is 22.9 Å². The number of halogens is 1. The lowest BCUT2D eigenvalue weighted by Gasteiger charge is -2.11. The van der Waals surface area contributed by atoms with Crippen LogP contribution in [0.5, 0.6) is 11.6 Å². The maximum absolute atomic E-state index is 14.7. The SMILES string of the molecule is CCCCCCCCCCCc1ccc(C(=O)Oc2cnc(-c3ccc(OCC(C)CC)cc3)cn2)c(F)c1. The first-order valence-electron chi connectivity index (χ1n) is 14.6. The Kier molecular flexibility index (Phi) is 12.9. The monoisotopic (exact) mass is 534 g/mol. The van der Waals surface area contributed by atoms with Gasteiger partial charge in [-0.15, -0.1) is 0 Å². The molecule has 0 fully saturated rings. The summed E-state index contributed by atoms with van der Waals surface area (Å²) in [5.41, 5.74) is 2.29. The Morgan fingerprint density at radius 2 is 1.56 bits per heavy atom. The largest absolute Gasteiger partial charge is 0.493 e. The Morgan fingerprint density at radius 1 is 0.872 bits per heavy atom. The summed E-state index contributed by atoms with van der Waals surface area (Å²) < 4.78 is 25.7. The fourth-order valence-corrected chi connectivity index (χ4v) is 4.27. The average Bonchev–Trinajstić information content (AvgIpc) is 2.95. The molecular weight excluding hydrogens is 491 g/mol. The van der Waals surface area contributed by atoms with Gasteiger partial charge >= 0.3 is 5.97 Å². The molecule has 3 rings (SSSR count). The van der Waals surface area contributed by atoms with Crippen molar-refractivity contribution in [2.75, 3.05) is 6.61 Å². The van der Waals surface area contributed by atoms with Gasteiger partial charge in [0.25, 0.3) is 0 Å². The summed E-state index contributed by atoms with van der Waals surface area (Å²) in [6, 6.07) is 12.3. The Morgan fingerprint density at radius 3 is 2.18 bits per heavy atom. The highest BCUT2D eigenvalue weighted by atomic mass is 19.1. The normalized spacial score (nSPS) is 11.8. The summed E-state index contributed by atoms with van der Waals surface area (Å²) in [6.07, 6.45) is 16.0. The summed E-state index contributed by atoms with van der Waals surface area (Å²) in [7, 11) is 0. The predicted molar refractivity (Wildman–Crippen MR) is 155 cm³/mol. The number of esters is 1. The Balaban J connectivity index is 1.45. The van der Waals surface area contributed by atoms with Crippen LogP contribution in [0.3, 0.4) is 0 Å². The van der Waals surface area contributed by atoms with Crippen molar-refractivity contribution in [3.05, 3.63) is 71.8 Å². The zero-order chi connectivity index (χ0) is 27.9. The van der Waals surface area contributed by atoms with Gasteiger partial charge in [0.15, 0.2) is 0 Å². The third-order valence-electron chi connectivity index (χ3n) is 7.03. The third-order valence-corrected chi connectivity index (χ3v) is 7.03. The van der Waals surface area contributed by atoms with Crippen LogP contribution < -0.4 is 9.47 Å². The molecule has 3 aromatic rings. The number of hydrogen-bond acceptors (Lipinski definition) is 5. The molecule has 1 aromatic heterocycles. The van der Waals surface area contributed by atoms with Crippen molar-refractivity contribution in [2.24, 2.45) is 5.92 Å². The van der Waals surface area contributed by atoms with E-state index in [1.807, 2.05) is 24.3 Å². The average molecular weight is 535 g/mol. The first kappa shape index (κ1) is 30.3. The standard InChI is InChI=1S/C33H43FN2O3/c1-4-6-7-8-9-10-11-12-13-14-26-15-20-29(30(34)21-26)33(37)39-32-23-35-31(22-36-32)27-16-18-28(19-17-27)38-24-25(3)5-2/h15-23,25H,4-14,24H2,1-3H3.